The molecule has 4 amide bonds. The minimum absolute atomic E-state index is 0.142. The summed E-state index contributed by atoms with van der Waals surface area (Å²) in [5.74, 6) is -0.220. The van der Waals surface area contributed by atoms with Gasteiger partial charge in [0.1, 0.15) is 5.76 Å². The lowest BCUT2D eigenvalue weighted by atomic mass is 9.96. The molecule has 1 aromatic carbocycles. The van der Waals surface area contributed by atoms with Crippen molar-refractivity contribution in [3.63, 3.8) is 0 Å². The number of fused-ring (bicyclic) bond motifs is 1. The monoisotopic (exact) mass is 477 g/mol. The van der Waals surface area contributed by atoms with Gasteiger partial charge < -0.3 is 14.6 Å². The Labute approximate surface area is 194 Å². The van der Waals surface area contributed by atoms with E-state index in [4.69, 9.17) is 16.0 Å². The van der Waals surface area contributed by atoms with E-state index in [2.05, 4.69) is 16.0 Å². The van der Waals surface area contributed by atoms with Crippen LogP contribution in [0.25, 0.3) is 0 Å². The Hall–Kier alpha value is -2.53. The van der Waals surface area contributed by atoms with Gasteiger partial charge in [-0.05, 0) is 29.8 Å². The summed E-state index contributed by atoms with van der Waals surface area (Å²) < 4.78 is 5.23. The molecule has 2 saturated heterocycles. The molecule has 3 heterocycles. The Morgan fingerprint density at radius 3 is 2.62 bits per heavy atom. The van der Waals surface area contributed by atoms with Gasteiger partial charge in [-0.2, -0.15) is 0 Å². The number of amides is 4. The van der Waals surface area contributed by atoms with Crippen molar-refractivity contribution in [2.75, 3.05) is 19.8 Å². The van der Waals surface area contributed by atoms with Crippen LogP contribution in [0.5, 0.6) is 0 Å². The van der Waals surface area contributed by atoms with E-state index in [-0.39, 0.29) is 29.8 Å². The number of furan rings is 1. The molecule has 1 aromatic heterocycles. The van der Waals surface area contributed by atoms with Crippen LogP contribution in [0.1, 0.15) is 17.5 Å². The second kappa shape index (κ2) is 9.53. The quantitative estimate of drug-likeness (QED) is 0.584. The number of thioether (sulfide) groups is 1. The Morgan fingerprint density at radius 1 is 1.19 bits per heavy atom. The van der Waals surface area contributed by atoms with E-state index in [1.54, 1.807) is 37.6 Å². The van der Waals surface area contributed by atoms with Gasteiger partial charge in [-0.15, -0.1) is 11.8 Å². The van der Waals surface area contributed by atoms with Crippen LogP contribution < -0.4 is 16.0 Å². The number of nitrogens with zero attached hydrogens (tertiary/aromatic N) is 2. The minimum Gasteiger partial charge on any atom is -0.467 e. The van der Waals surface area contributed by atoms with Gasteiger partial charge in [-0.3, -0.25) is 25.1 Å². The summed E-state index contributed by atoms with van der Waals surface area (Å²) in [6, 6.07) is 10.5. The van der Waals surface area contributed by atoms with Crippen LogP contribution in [-0.4, -0.2) is 59.0 Å². The third kappa shape index (κ3) is 4.63. The normalized spacial score (nSPS) is 25.6. The van der Waals surface area contributed by atoms with Crippen molar-refractivity contribution in [2.45, 2.75) is 24.3 Å². The summed E-state index contributed by atoms with van der Waals surface area (Å²) >= 11 is 7.35. The lowest BCUT2D eigenvalue weighted by Crippen LogP contribution is -2.72. The Kier molecular flexibility index (Phi) is 6.75. The van der Waals surface area contributed by atoms with E-state index in [1.807, 2.05) is 12.1 Å². The molecule has 0 radical (unpaired) electrons. The zero-order chi connectivity index (χ0) is 22.8. The molecule has 170 valence electrons. The lowest BCUT2D eigenvalue weighted by molar-refractivity contribution is -0.140. The smallest absolute Gasteiger partial charge is 0.327 e. The van der Waals surface area contributed by atoms with Crippen molar-refractivity contribution >= 4 is 41.2 Å². The Balaban J connectivity index is 1.50. The van der Waals surface area contributed by atoms with Crippen LogP contribution in [-0.2, 0) is 16.1 Å². The topological polar surface area (TPSA) is 107 Å². The summed E-state index contributed by atoms with van der Waals surface area (Å²) in [4.78, 5) is 40.6. The predicted octanol–water partition coefficient (Wildman–Crippen LogP) is 1.97. The average Bonchev–Trinajstić information content (AvgIpc) is 3.32. The fourth-order valence-corrected chi connectivity index (χ4v) is 5.13. The number of carbonyl (C=O) groups excluding carboxylic acids is 3. The number of urea groups is 1. The molecule has 0 spiro atoms. The second-order valence-corrected chi connectivity index (χ2v) is 9.23. The predicted molar refractivity (Wildman–Crippen MR) is 120 cm³/mol. The van der Waals surface area contributed by atoms with Crippen molar-refractivity contribution in [3.8, 4) is 0 Å². The molecule has 2 aromatic rings. The molecule has 4 atom stereocenters. The minimum atomic E-state index is -0.561. The standard InChI is InChI=1S/C21H24ClN5O4S/c1-26-18-16(20(29)27(2)21(26)30)19(25-17(24-18)12-5-7-13(22)8-6-12)32-11-15(28)23-10-14-4-3-9-31-14/h3-9,16-19,24-25H,10-11H2,1-2H3,(H,23,28). The highest BCUT2D eigenvalue weighted by Crippen LogP contribution is 2.34. The molecule has 32 heavy (non-hydrogen) atoms. The highest BCUT2D eigenvalue weighted by molar-refractivity contribution is 8.00. The molecular weight excluding hydrogens is 454 g/mol. The molecule has 0 aliphatic carbocycles. The van der Waals surface area contributed by atoms with E-state index in [0.717, 1.165) is 10.5 Å². The number of benzene rings is 1. The van der Waals surface area contributed by atoms with E-state index in [0.29, 0.717) is 17.3 Å². The van der Waals surface area contributed by atoms with Gasteiger partial charge in [-0.25, -0.2) is 4.79 Å². The number of rotatable bonds is 6. The molecule has 4 unspecified atom stereocenters. The second-order valence-electron chi connectivity index (χ2n) is 7.67. The van der Waals surface area contributed by atoms with E-state index >= 15 is 0 Å². The van der Waals surface area contributed by atoms with Gasteiger partial charge >= 0.3 is 6.03 Å². The molecule has 0 saturated carbocycles. The third-order valence-electron chi connectivity index (χ3n) is 5.59. The van der Waals surface area contributed by atoms with E-state index in [9.17, 15) is 14.4 Å². The van der Waals surface area contributed by atoms with Crippen molar-refractivity contribution in [1.29, 1.82) is 0 Å². The molecule has 9 nitrogen and oxygen atoms in total. The fraction of sp³-hybridized carbons (Fsp3) is 0.381. The van der Waals surface area contributed by atoms with Gasteiger partial charge in [0, 0.05) is 19.1 Å². The summed E-state index contributed by atoms with van der Waals surface area (Å²) in [5, 5.41) is 9.81. The van der Waals surface area contributed by atoms with E-state index in [1.165, 1.54) is 23.7 Å². The van der Waals surface area contributed by atoms with Gasteiger partial charge in [0.25, 0.3) is 0 Å². The van der Waals surface area contributed by atoms with Gasteiger partial charge in [0.2, 0.25) is 11.8 Å². The molecular formula is C21H24ClN5O4S. The van der Waals surface area contributed by atoms with Gasteiger partial charge in [0.05, 0.1) is 42.2 Å². The SMILES string of the molecule is CN1C(=O)C2C(SCC(=O)NCc3ccco3)NC(c3ccc(Cl)cc3)NC2N(C)C1=O. The highest BCUT2D eigenvalue weighted by Gasteiger charge is 2.51. The van der Waals surface area contributed by atoms with Crippen molar-refractivity contribution in [3.05, 3.63) is 59.0 Å². The molecule has 2 aliphatic rings. The molecule has 2 fully saturated rings. The van der Waals surface area contributed by atoms with Crippen LogP contribution in [0, 0.1) is 5.92 Å². The maximum absolute atomic E-state index is 13.0. The van der Waals surface area contributed by atoms with Crippen LogP contribution >= 0.6 is 23.4 Å². The first-order valence-electron chi connectivity index (χ1n) is 10.1. The van der Waals surface area contributed by atoms with Crippen molar-refractivity contribution in [2.24, 2.45) is 5.92 Å². The highest BCUT2D eigenvalue weighted by atomic mass is 35.5. The number of carbonyl (C=O) groups is 3. The molecule has 11 heteroatoms. The number of hydrogen-bond donors (Lipinski definition) is 3. The van der Waals surface area contributed by atoms with Crippen LogP contribution in [0.4, 0.5) is 4.79 Å². The van der Waals surface area contributed by atoms with Gasteiger partial charge in [-0.1, -0.05) is 23.7 Å². The number of hydrogen-bond acceptors (Lipinski definition) is 7. The first-order valence-corrected chi connectivity index (χ1v) is 11.5. The zero-order valence-electron chi connectivity index (χ0n) is 17.6. The fourth-order valence-electron chi connectivity index (χ4n) is 3.86. The van der Waals surface area contributed by atoms with Gasteiger partial charge in [0.15, 0.2) is 0 Å². The first kappa shape index (κ1) is 22.7. The van der Waals surface area contributed by atoms with Crippen LogP contribution in [0.3, 0.4) is 0 Å². The number of halogens is 1. The third-order valence-corrected chi connectivity index (χ3v) is 7.06. The number of imide groups is 1. The largest absolute Gasteiger partial charge is 0.467 e. The lowest BCUT2D eigenvalue weighted by Gasteiger charge is -2.50. The number of nitrogens with one attached hydrogen (secondary N) is 3. The van der Waals surface area contributed by atoms with Crippen LogP contribution in [0.2, 0.25) is 5.02 Å². The Morgan fingerprint density at radius 2 is 1.94 bits per heavy atom. The summed E-state index contributed by atoms with van der Waals surface area (Å²) in [6.07, 6.45) is 0.704. The molecule has 0 bridgehead atoms. The molecule has 3 N–H and O–H groups in total. The van der Waals surface area contributed by atoms with E-state index < -0.39 is 17.5 Å². The average molecular weight is 478 g/mol. The maximum atomic E-state index is 13.0. The summed E-state index contributed by atoms with van der Waals surface area (Å²) in [7, 11) is 3.14. The molecule has 2 aliphatic heterocycles. The Bertz CT molecular complexity index is 987. The summed E-state index contributed by atoms with van der Waals surface area (Å²) in [6.45, 7) is 0.296. The zero-order valence-corrected chi connectivity index (χ0v) is 19.2. The molecule has 4 rings (SSSR count). The van der Waals surface area contributed by atoms with Crippen molar-refractivity contribution < 1.29 is 18.8 Å². The summed E-state index contributed by atoms with van der Waals surface area (Å²) in [5.41, 5.74) is 0.910. The maximum Gasteiger partial charge on any atom is 0.327 e. The van der Waals surface area contributed by atoms with Crippen molar-refractivity contribution in [1.82, 2.24) is 25.8 Å². The van der Waals surface area contributed by atoms with Crippen LogP contribution in [0.15, 0.2) is 47.1 Å². The first-order chi connectivity index (χ1) is 15.3.